The summed E-state index contributed by atoms with van der Waals surface area (Å²) in [5, 5.41) is 12.0. The van der Waals surface area contributed by atoms with E-state index in [-0.39, 0.29) is 23.3 Å². The molecule has 0 spiro atoms. The van der Waals surface area contributed by atoms with E-state index in [4.69, 9.17) is 4.74 Å². The number of nitrogens with zero attached hydrogens (tertiary/aromatic N) is 7. The van der Waals surface area contributed by atoms with Gasteiger partial charge < -0.3 is 9.64 Å². The molecule has 1 aromatic carbocycles. The largest absolute Gasteiger partial charge is 0.481 e. The van der Waals surface area contributed by atoms with E-state index in [1.807, 2.05) is 24.3 Å². The zero-order valence-electron chi connectivity index (χ0n) is 17.8. The minimum atomic E-state index is -0.908. The monoisotopic (exact) mass is 451 g/mol. The van der Waals surface area contributed by atoms with E-state index in [0.29, 0.717) is 25.0 Å². The zero-order valence-corrected chi connectivity index (χ0v) is 17.8. The Balaban J connectivity index is 1.48. The van der Waals surface area contributed by atoms with Crippen LogP contribution >= 0.6 is 0 Å². The van der Waals surface area contributed by atoms with Crippen LogP contribution in [0.4, 0.5) is 8.78 Å². The minimum Gasteiger partial charge on any atom is -0.481 e. The standard InChI is InChI=1S/C22H19F2N7O2/c1-29-22(33-2)16(9-26-29)17-11-30(10-13-5-3-4-6-15(13)17)21(32)19-12-31(28-27-19)20-18(24)7-14(23)8-25-20/h3-9,12,17H,10-11H2,1-2H3. The van der Waals surface area contributed by atoms with Gasteiger partial charge in [-0.15, -0.1) is 5.10 Å². The molecule has 1 unspecified atom stereocenters. The summed E-state index contributed by atoms with van der Waals surface area (Å²) >= 11 is 0. The van der Waals surface area contributed by atoms with Gasteiger partial charge in [0.1, 0.15) is 5.82 Å². The summed E-state index contributed by atoms with van der Waals surface area (Å²) in [6, 6.07) is 8.58. The average molecular weight is 451 g/mol. The molecule has 5 rings (SSSR count). The highest BCUT2D eigenvalue weighted by Crippen LogP contribution is 2.37. The number of benzene rings is 1. The van der Waals surface area contributed by atoms with Crippen molar-refractivity contribution >= 4 is 5.91 Å². The molecule has 4 aromatic rings. The Labute approximate surface area is 187 Å². The molecule has 0 fully saturated rings. The third-order valence-electron chi connectivity index (χ3n) is 5.68. The SMILES string of the molecule is COc1c(C2CN(C(=O)c3cn(-c4ncc(F)cc4F)nn3)Cc3ccccc32)cnn1C. The van der Waals surface area contributed by atoms with Crippen LogP contribution < -0.4 is 4.74 Å². The number of aryl methyl sites for hydroxylation is 1. The highest BCUT2D eigenvalue weighted by atomic mass is 19.1. The van der Waals surface area contributed by atoms with Gasteiger partial charge in [-0.25, -0.2) is 18.4 Å². The van der Waals surface area contributed by atoms with E-state index >= 15 is 0 Å². The van der Waals surface area contributed by atoms with E-state index in [2.05, 4.69) is 20.4 Å². The summed E-state index contributed by atoms with van der Waals surface area (Å²) in [7, 11) is 3.38. The lowest BCUT2D eigenvalue weighted by Gasteiger charge is -2.34. The normalized spacial score (nSPS) is 15.4. The van der Waals surface area contributed by atoms with Gasteiger partial charge >= 0.3 is 0 Å². The van der Waals surface area contributed by atoms with E-state index in [9.17, 15) is 13.6 Å². The predicted octanol–water partition coefficient (Wildman–Crippen LogP) is 2.47. The molecule has 1 aliphatic heterocycles. The quantitative estimate of drug-likeness (QED) is 0.474. The number of fused-ring (bicyclic) bond motifs is 1. The summed E-state index contributed by atoms with van der Waals surface area (Å²) in [5.41, 5.74) is 2.98. The number of carbonyl (C=O) groups is 1. The molecule has 1 amide bonds. The molecule has 0 bridgehead atoms. The van der Waals surface area contributed by atoms with Crippen molar-refractivity contribution in [3.8, 4) is 11.7 Å². The van der Waals surface area contributed by atoms with Crippen LogP contribution in [0.15, 0.2) is 48.9 Å². The maximum atomic E-state index is 14.1. The first-order chi connectivity index (χ1) is 16.0. The van der Waals surface area contributed by atoms with E-state index < -0.39 is 11.6 Å². The van der Waals surface area contributed by atoms with E-state index in [0.717, 1.165) is 27.6 Å². The summed E-state index contributed by atoms with van der Waals surface area (Å²) in [6.45, 7) is 0.748. The van der Waals surface area contributed by atoms with Crippen molar-refractivity contribution in [1.29, 1.82) is 0 Å². The zero-order chi connectivity index (χ0) is 23.1. The lowest BCUT2D eigenvalue weighted by Crippen LogP contribution is -2.38. The number of amides is 1. The number of hydrogen-bond donors (Lipinski definition) is 0. The number of halogens is 2. The number of rotatable bonds is 4. The number of methoxy groups -OCH3 is 1. The molecule has 1 atom stereocenters. The summed E-state index contributed by atoms with van der Waals surface area (Å²) in [6.07, 6.45) is 3.90. The van der Waals surface area contributed by atoms with Crippen molar-refractivity contribution in [2.24, 2.45) is 7.05 Å². The Bertz CT molecular complexity index is 1350. The fourth-order valence-electron chi connectivity index (χ4n) is 4.16. The fourth-order valence-corrected chi connectivity index (χ4v) is 4.16. The molecule has 0 aliphatic carbocycles. The van der Waals surface area contributed by atoms with Crippen molar-refractivity contribution in [2.45, 2.75) is 12.5 Å². The summed E-state index contributed by atoms with van der Waals surface area (Å²) in [5.74, 6) is -1.87. The average Bonchev–Trinajstić information content (AvgIpc) is 3.44. The van der Waals surface area contributed by atoms with Gasteiger partial charge in [0.15, 0.2) is 17.3 Å². The molecule has 4 heterocycles. The fraction of sp³-hybridized carbons (Fsp3) is 0.227. The molecule has 1 aliphatic rings. The van der Waals surface area contributed by atoms with Crippen LogP contribution in [0.1, 0.15) is 33.1 Å². The Kier molecular flexibility index (Phi) is 5.08. The Morgan fingerprint density at radius 3 is 2.79 bits per heavy atom. The molecule has 9 nitrogen and oxygen atoms in total. The predicted molar refractivity (Wildman–Crippen MR) is 112 cm³/mol. The van der Waals surface area contributed by atoms with Crippen LogP contribution in [0.5, 0.6) is 5.88 Å². The smallest absolute Gasteiger partial charge is 0.276 e. The van der Waals surface area contributed by atoms with Crippen LogP contribution in [-0.4, -0.2) is 54.2 Å². The molecule has 11 heteroatoms. The molecule has 0 saturated carbocycles. The second-order valence-electron chi connectivity index (χ2n) is 7.68. The second kappa shape index (κ2) is 8.08. The molecule has 0 saturated heterocycles. The highest BCUT2D eigenvalue weighted by Gasteiger charge is 2.33. The van der Waals surface area contributed by atoms with Gasteiger partial charge in [-0.2, -0.15) is 9.78 Å². The van der Waals surface area contributed by atoms with Crippen molar-refractivity contribution in [3.63, 3.8) is 0 Å². The third kappa shape index (κ3) is 3.60. The maximum absolute atomic E-state index is 14.1. The first-order valence-electron chi connectivity index (χ1n) is 10.1. The molecule has 3 aromatic heterocycles. The van der Waals surface area contributed by atoms with Crippen LogP contribution in [0, 0.1) is 11.6 Å². The highest BCUT2D eigenvalue weighted by molar-refractivity contribution is 5.92. The Morgan fingerprint density at radius 2 is 2.00 bits per heavy atom. The topological polar surface area (TPSA) is 91.0 Å². The van der Waals surface area contributed by atoms with Crippen molar-refractivity contribution in [2.75, 3.05) is 13.7 Å². The number of aromatic nitrogens is 6. The minimum absolute atomic E-state index is 0.0248. The summed E-state index contributed by atoms with van der Waals surface area (Å²) in [4.78, 5) is 18.7. The first kappa shape index (κ1) is 20.7. The van der Waals surface area contributed by atoms with Crippen molar-refractivity contribution in [3.05, 3.63) is 82.9 Å². The first-order valence-corrected chi connectivity index (χ1v) is 10.1. The number of carbonyl (C=O) groups excluding carboxylic acids is 1. The van der Waals surface area contributed by atoms with Gasteiger partial charge in [-0.3, -0.25) is 4.79 Å². The molecule has 168 valence electrons. The number of ether oxygens (including phenoxy) is 1. The molecule has 0 N–H and O–H groups in total. The lowest BCUT2D eigenvalue weighted by molar-refractivity contribution is 0.0718. The lowest BCUT2D eigenvalue weighted by atomic mass is 9.85. The van der Waals surface area contributed by atoms with Gasteiger partial charge in [0.25, 0.3) is 5.91 Å². The van der Waals surface area contributed by atoms with Gasteiger partial charge in [-0.1, -0.05) is 29.5 Å². The molecule has 33 heavy (non-hydrogen) atoms. The van der Waals surface area contributed by atoms with Gasteiger partial charge in [0.2, 0.25) is 5.88 Å². The van der Waals surface area contributed by atoms with Crippen molar-refractivity contribution in [1.82, 2.24) is 34.7 Å². The van der Waals surface area contributed by atoms with Crippen LogP contribution in [-0.2, 0) is 13.6 Å². The van der Waals surface area contributed by atoms with Crippen LogP contribution in [0.2, 0.25) is 0 Å². The number of hydrogen-bond acceptors (Lipinski definition) is 6. The second-order valence-corrected chi connectivity index (χ2v) is 7.68. The van der Waals surface area contributed by atoms with Crippen molar-refractivity contribution < 1.29 is 18.3 Å². The Morgan fingerprint density at radius 1 is 1.18 bits per heavy atom. The van der Waals surface area contributed by atoms with E-state index in [1.165, 1.54) is 6.20 Å². The van der Waals surface area contributed by atoms with Crippen LogP contribution in [0.25, 0.3) is 5.82 Å². The molecular weight excluding hydrogens is 432 g/mol. The summed E-state index contributed by atoms with van der Waals surface area (Å²) < 4.78 is 35.4. The molecular formula is C22H19F2N7O2. The number of pyridine rings is 1. The maximum Gasteiger partial charge on any atom is 0.276 e. The third-order valence-corrected chi connectivity index (χ3v) is 5.68. The van der Waals surface area contributed by atoms with Gasteiger partial charge in [0.05, 0.1) is 25.7 Å². The van der Waals surface area contributed by atoms with Crippen LogP contribution in [0.3, 0.4) is 0 Å². The molecule has 0 radical (unpaired) electrons. The van der Waals surface area contributed by atoms with Gasteiger partial charge in [-0.05, 0) is 11.1 Å². The van der Waals surface area contributed by atoms with Gasteiger partial charge in [0, 0.05) is 37.7 Å². The Hall–Kier alpha value is -4.15. The van der Waals surface area contributed by atoms with E-state index in [1.54, 1.807) is 29.9 Å².